The number of hydrogen-bond acceptors (Lipinski definition) is 2. The lowest BCUT2D eigenvalue weighted by Gasteiger charge is -2.31. The second-order valence-electron chi connectivity index (χ2n) is 3.59. The van der Waals surface area contributed by atoms with Crippen LogP contribution in [-0.2, 0) is 4.74 Å². The lowest BCUT2D eigenvalue weighted by Crippen LogP contribution is -2.35. The fraction of sp³-hybridized carbons (Fsp3) is 0.900. The highest BCUT2D eigenvalue weighted by atomic mass is 16.5. The van der Waals surface area contributed by atoms with Gasteiger partial charge in [0.2, 0.25) is 0 Å². The number of nitrogens with zero attached hydrogens (tertiary/aromatic N) is 1. The van der Waals surface area contributed by atoms with E-state index in [1.807, 2.05) is 0 Å². The van der Waals surface area contributed by atoms with Gasteiger partial charge in [0.05, 0.1) is 0 Å². The highest BCUT2D eigenvalue weighted by molar-refractivity contribution is 4.73. The summed E-state index contributed by atoms with van der Waals surface area (Å²) in [5.41, 5.74) is 0. The summed E-state index contributed by atoms with van der Waals surface area (Å²) in [4.78, 5) is 2.43. The molecule has 0 N–H and O–H groups in total. The van der Waals surface area contributed by atoms with Gasteiger partial charge in [-0.05, 0) is 45.2 Å². The Morgan fingerprint density at radius 3 is 3.08 bits per heavy atom. The summed E-state index contributed by atoms with van der Waals surface area (Å²) < 4.78 is 5.08. The Balaban J connectivity index is 2.16. The van der Waals surface area contributed by atoms with E-state index in [2.05, 4.69) is 11.8 Å². The maximum absolute atomic E-state index is 5.08. The van der Waals surface area contributed by atoms with Crippen molar-refractivity contribution in [2.24, 2.45) is 5.92 Å². The van der Waals surface area contributed by atoms with Crippen LogP contribution < -0.4 is 0 Å². The predicted octanol–water partition coefficient (Wildman–Crippen LogP) is 1.57. The van der Waals surface area contributed by atoms with Gasteiger partial charge in [-0.2, -0.15) is 0 Å². The molecule has 2 heteroatoms. The van der Waals surface area contributed by atoms with Gasteiger partial charge < -0.3 is 9.64 Å². The molecule has 0 amide bonds. The van der Waals surface area contributed by atoms with E-state index >= 15 is 0 Å². The van der Waals surface area contributed by atoms with Gasteiger partial charge in [0.15, 0.2) is 0 Å². The Morgan fingerprint density at radius 2 is 2.42 bits per heavy atom. The van der Waals surface area contributed by atoms with Crippen molar-refractivity contribution in [1.82, 2.24) is 4.90 Å². The summed E-state index contributed by atoms with van der Waals surface area (Å²) in [5, 5.41) is 0. The maximum Gasteiger partial charge on any atom is 0.0465 e. The smallest absolute Gasteiger partial charge is 0.0465 e. The van der Waals surface area contributed by atoms with Gasteiger partial charge in [0, 0.05) is 20.3 Å². The molecule has 1 heterocycles. The van der Waals surface area contributed by atoms with E-state index in [1.54, 1.807) is 7.11 Å². The first-order valence-electron chi connectivity index (χ1n) is 4.87. The van der Waals surface area contributed by atoms with E-state index in [9.17, 15) is 0 Å². The molecule has 1 unspecified atom stereocenters. The Labute approximate surface area is 75.9 Å². The zero-order valence-corrected chi connectivity index (χ0v) is 8.09. The molecule has 0 saturated carbocycles. The van der Waals surface area contributed by atoms with Crippen LogP contribution in [0.3, 0.4) is 0 Å². The summed E-state index contributed by atoms with van der Waals surface area (Å²) in [6, 6.07) is 0. The van der Waals surface area contributed by atoms with E-state index < -0.39 is 0 Å². The molecule has 1 radical (unpaired) electrons. The summed E-state index contributed by atoms with van der Waals surface area (Å²) in [6.07, 6.45) is 3.93. The number of likely N-dealkylation sites (tertiary alicyclic amines) is 1. The third-order valence-corrected chi connectivity index (χ3v) is 2.65. The number of methoxy groups -OCH3 is 1. The first-order valence-corrected chi connectivity index (χ1v) is 4.87. The van der Waals surface area contributed by atoms with Crippen LogP contribution in [0.4, 0.5) is 0 Å². The van der Waals surface area contributed by atoms with Gasteiger partial charge in [-0.25, -0.2) is 0 Å². The molecule has 1 atom stereocenters. The molecule has 1 fully saturated rings. The standard InChI is InChI=1S/C10H20NO/c1-3-11-7-4-5-10(9-11)6-8-12-2/h10H,1,3-9H2,2H3. The van der Waals surface area contributed by atoms with Crippen molar-refractivity contribution in [3.05, 3.63) is 6.92 Å². The molecule has 12 heavy (non-hydrogen) atoms. The minimum Gasteiger partial charge on any atom is -0.385 e. The fourth-order valence-electron chi connectivity index (χ4n) is 1.87. The monoisotopic (exact) mass is 170 g/mol. The Bertz CT molecular complexity index is 116. The lowest BCUT2D eigenvalue weighted by atomic mass is 9.95. The highest BCUT2D eigenvalue weighted by Crippen LogP contribution is 2.18. The zero-order valence-electron chi connectivity index (χ0n) is 8.09. The van der Waals surface area contributed by atoms with Crippen molar-refractivity contribution >= 4 is 0 Å². The van der Waals surface area contributed by atoms with Crippen LogP contribution in [0.2, 0.25) is 0 Å². The van der Waals surface area contributed by atoms with E-state index in [1.165, 1.54) is 32.4 Å². The molecular formula is C10H20NO. The molecule has 0 aliphatic carbocycles. The first kappa shape index (κ1) is 10.0. The molecule has 0 aromatic rings. The summed E-state index contributed by atoms with van der Waals surface area (Å²) >= 11 is 0. The van der Waals surface area contributed by atoms with Crippen molar-refractivity contribution < 1.29 is 4.74 Å². The van der Waals surface area contributed by atoms with E-state index in [4.69, 9.17) is 4.74 Å². The number of ether oxygens (including phenoxy) is 1. The predicted molar refractivity (Wildman–Crippen MR) is 51.0 cm³/mol. The topological polar surface area (TPSA) is 12.5 Å². The molecule has 1 aliphatic heterocycles. The quantitative estimate of drug-likeness (QED) is 0.635. The highest BCUT2D eigenvalue weighted by Gasteiger charge is 2.17. The second-order valence-corrected chi connectivity index (χ2v) is 3.59. The summed E-state index contributed by atoms with van der Waals surface area (Å²) in [6.45, 7) is 8.26. The molecule has 1 aliphatic rings. The maximum atomic E-state index is 5.08. The van der Waals surface area contributed by atoms with Gasteiger partial charge in [0.25, 0.3) is 0 Å². The minimum absolute atomic E-state index is 0.848. The summed E-state index contributed by atoms with van der Waals surface area (Å²) in [5.74, 6) is 0.848. The number of rotatable bonds is 4. The zero-order chi connectivity index (χ0) is 8.81. The molecule has 1 saturated heterocycles. The largest absolute Gasteiger partial charge is 0.385 e. The number of hydrogen-bond donors (Lipinski definition) is 0. The molecule has 1 rings (SSSR count). The normalized spacial score (nSPS) is 26.0. The summed E-state index contributed by atoms with van der Waals surface area (Å²) in [7, 11) is 1.78. The van der Waals surface area contributed by atoms with Crippen LogP contribution in [0.15, 0.2) is 0 Å². The van der Waals surface area contributed by atoms with Crippen molar-refractivity contribution in [3.63, 3.8) is 0 Å². The molecular weight excluding hydrogens is 150 g/mol. The lowest BCUT2D eigenvalue weighted by molar-refractivity contribution is 0.133. The van der Waals surface area contributed by atoms with Crippen LogP contribution in [0, 0.1) is 12.8 Å². The second kappa shape index (κ2) is 5.55. The van der Waals surface area contributed by atoms with E-state index in [0.29, 0.717) is 0 Å². The van der Waals surface area contributed by atoms with Gasteiger partial charge in [-0.3, -0.25) is 0 Å². The van der Waals surface area contributed by atoms with Gasteiger partial charge >= 0.3 is 0 Å². The van der Waals surface area contributed by atoms with Crippen LogP contribution in [0.25, 0.3) is 0 Å². The third kappa shape index (κ3) is 3.11. The van der Waals surface area contributed by atoms with Crippen LogP contribution >= 0.6 is 0 Å². The van der Waals surface area contributed by atoms with Crippen molar-refractivity contribution in [1.29, 1.82) is 0 Å². The van der Waals surface area contributed by atoms with Crippen molar-refractivity contribution in [3.8, 4) is 0 Å². The average Bonchev–Trinajstić information content (AvgIpc) is 2.15. The average molecular weight is 170 g/mol. The molecule has 71 valence electrons. The van der Waals surface area contributed by atoms with Crippen LogP contribution in [0.5, 0.6) is 0 Å². The SMILES string of the molecule is [CH2]CN1CCCC(CCOC)C1. The van der Waals surface area contributed by atoms with Crippen molar-refractivity contribution in [2.75, 3.05) is 33.4 Å². The fourth-order valence-corrected chi connectivity index (χ4v) is 1.87. The van der Waals surface area contributed by atoms with Crippen LogP contribution in [-0.4, -0.2) is 38.3 Å². The van der Waals surface area contributed by atoms with Gasteiger partial charge in [-0.15, -0.1) is 0 Å². The van der Waals surface area contributed by atoms with Gasteiger partial charge in [-0.1, -0.05) is 0 Å². The third-order valence-electron chi connectivity index (χ3n) is 2.65. The molecule has 0 aromatic heterocycles. The van der Waals surface area contributed by atoms with Crippen molar-refractivity contribution in [2.45, 2.75) is 19.3 Å². The number of piperidine rings is 1. The molecule has 2 nitrogen and oxygen atoms in total. The molecule has 0 bridgehead atoms. The van der Waals surface area contributed by atoms with E-state index in [0.717, 1.165) is 19.1 Å². The Hall–Kier alpha value is -0.0800. The first-order chi connectivity index (χ1) is 5.86. The minimum atomic E-state index is 0.848. The van der Waals surface area contributed by atoms with Crippen LogP contribution in [0.1, 0.15) is 19.3 Å². The Morgan fingerprint density at radius 1 is 1.58 bits per heavy atom. The molecule has 0 spiro atoms. The molecule has 0 aromatic carbocycles. The van der Waals surface area contributed by atoms with Gasteiger partial charge in [0.1, 0.15) is 0 Å². The van der Waals surface area contributed by atoms with E-state index in [-0.39, 0.29) is 0 Å². The Kier molecular flexibility index (Phi) is 4.62.